The van der Waals surface area contributed by atoms with Gasteiger partial charge in [-0.3, -0.25) is 10.1 Å². The highest BCUT2D eigenvalue weighted by atomic mass is 16.2. The van der Waals surface area contributed by atoms with E-state index < -0.39 is 0 Å². The Balaban J connectivity index is 1.99. The summed E-state index contributed by atoms with van der Waals surface area (Å²) in [6, 6.07) is -0.485. The molecule has 0 saturated heterocycles. The number of hydrogen-bond acceptors (Lipinski definition) is 3. The second kappa shape index (κ2) is 4.37. The van der Waals surface area contributed by atoms with Crippen LogP contribution in [0.1, 0.15) is 18.3 Å². The minimum atomic E-state index is -0.244. The zero-order chi connectivity index (χ0) is 11.5. The molecular weight excluding hydrogens is 204 g/mol. The average Bonchev–Trinajstić information content (AvgIpc) is 2.75. The number of hydrogen-bond donors (Lipinski definition) is 3. The molecule has 1 aromatic heterocycles. The summed E-state index contributed by atoms with van der Waals surface area (Å²) in [5.74, 6) is 2.40. The molecule has 2 heterocycles. The van der Waals surface area contributed by atoms with Crippen LogP contribution in [0.15, 0.2) is 6.33 Å². The van der Waals surface area contributed by atoms with Crippen LogP contribution in [0.2, 0.25) is 0 Å². The van der Waals surface area contributed by atoms with E-state index in [1.54, 1.807) is 13.3 Å². The van der Waals surface area contributed by atoms with Crippen molar-refractivity contribution in [3.63, 3.8) is 0 Å². The lowest BCUT2D eigenvalue weighted by atomic mass is 10.0. The molecule has 0 spiro atoms. The van der Waals surface area contributed by atoms with Crippen molar-refractivity contribution in [1.29, 1.82) is 0 Å². The third-order valence-corrected chi connectivity index (χ3v) is 2.66. The molecule has 0 fully saturated rings. The van der Waals surface area contributed by atoms with Crippen LogP contribution in [0.4, 0.5) is 0 Å². The van der Waals surface area contributed by atoms with E-state index in [-0.39, 0.29) is 18.0 Å². The third-order valence-electron chi connectivity index (χ3n) is 2.66. The first kappa shape index (κ1) is 10.7. The lowest BCUT2D eigenvalue weighted by Gasteiger charge is -2.23. The topological polar surface area (TPSA) is 69.8 Å². The van der Waals surface area contributed by atoms with E-state index in [9.17, 15) is 4.79 Å². The molecule has 2 rings (SSSR count). The number of rotatable bonds is 2. The maximum atomic E-state index is 11.8. The maximum Gasteiger partial charge on any atom is 0.238 e. The lowest BCUT2D eigenvalue weighted by molar-refractivity contribution is -0.123. The molecule has 0 radical (unpaired) electrons. The monoisotopic (exact) mass is 218 g/mol. The molecule has 5 heteroatoms. The summed E-state index contributed by atoms with van der Waals surface area (Å²) in [4.78, 5) is 19.0. The summed E-state index contributed by atoms with van der Waals surface area (Å²) in [6.45, 7) is 2.42. The molecule has 1 aliphatic heterocycles. The number of imidazole rings is 1. The van der Waals surface area contributed by atoms with Crippen molar-refractivity contribution in [3.8, 4) is 12.3 Å². The van der Waals surface area contributed by atoms with Crippen LogP contribution in [0.25, 0.3) is 0 Å². The predicted octanol–water partition coefficient (Wildman–Crippen LogP) is -0.438. The van der Waals surface area contributed by atoms with Gasteiger partial charge in [-0.05, 0) is 6.92 Å². The van der Waals surface area contributed by atoms with E-state index in [0.29, 0.717) is 13.0 Å². The summed E-state index contributed by atoms with van der Waals surface area (Å²) in [5.41, 5.74) is 2.00. The van der Waals surface area contributed by atoms with Crippen molar-refractivity contribution in [1.82, 2.24) is 20.6 Å². The summed E-state index contributed by atoms with van der Waals surface area (Å²) in [7, 11) is 0. The first-order chi connectivity index (χ1) is 7.70. The molecule has 5 nitrogen and oxygen atoms in total. The second-order valence-corrected chi connectivity index (χ2v) is 3.86. The van der Waals surface area contributed by atoms with Gasteiger partial charge in [0.15, 0.2) is 0 Å². The molecule has 2 atom stereocenters. The molecule has 16 heavy (non-hydrogen) atoms. The molecule has 0 aliphatic carbocycles. The minimum absolute atomic E-state index is 0.0703. The van der Waals surface area contributed by atoms with Gasteiger partial charge in [-0.2, -0.15) is 0 Å². The Bertz CT molecular complexity index is 431. The zero-order valence-corrected chi connectivity index (χ0v) is 9.08. The SMILES string of the molecule is C#CC(C)NC(=O)C1Cc2nc[nH]c2CN1. The number of aromatic nitrogens is 2. The van der Waals surface area contributed by atoms with Crippen molar-refractivity contribution < 1.29 is 4.79 Å². The van der Waals surface area contributed by atoms with Crippen LogP contribution in [-0.4, -0.2) is 28.0 Å². The van der Waals surface area contributed by atoms with Gasteiger partial charge in [-0.15, -0.1) is 6.42 Å². The van der Waals surface area contributed by atoms with Gasteiger partial charge in [0.25, 0.3) is 0 Å². The number of carbonyl (C=O) groups excluding carboxylic acids is 1. The normalized spacial score (nSPS) is 20.6. The largest absolute Gasteiger partial charge is 0.347 e. The average molecular weight is 218 g/mol. The predicted molar refractivity (Wildman–Crippen MR) is 59.4 cm³/mol. The summed E-state index contributed by atoms with van der Waals surface area (Å²) >= 11 is 0. The van der Waals surface area contributed by atoms with Crippen LogP contribution in [0, 0.1) is 12.3 Å². The smallest absolute Gasteiger partial charge is 0.238 e. The molecular formula is C11H14N4O. The van der Waals surface area contributed by atoms with Crippen molar-refractivity contribution in [2.24, 2.45) is 0 Å². The fourth-order valence-electron chi connectivity index (χ4n) is 1.71. The molecule has 0 saturated carbocycles. The Morgan fingerprint density at radius 2 is 2.62 bits per heavy atom. The first-order valence-corrected chi connectivity index (χ1v) is 5.21. The van der Waals surface area contributed by atoms with Gasteiger partial charge in [0.1, 0.15) is 0 Å². The Morgan fingerprint density at radius 1 is 1.81 bits per heavy atom. The van der Waals surface area contributed by atoms with E-state index in [1.807, 2.05) is 0 Å². The standard InChI is InChI=1S/C11H14N4O/c1-3-7(2)15-11(16)9-4-8-10(5-12-9)14-6-13-8/h1,6-7,9,12H,4-5H2,2H3,(H,13,14)(H,15,16). The minimum Gasteiger partial charge on any atom is -0.347 e. The number of amides is 1. The van der Waals surface area contributed by atoms with Crippen molar-refractivity contribution in [2.75, 3.05) is 0 Å². The number of nitrogens with one attached hydrogen (secondary N) is 3. The van der Waals surface area contributed by atoms with E-state index >= 15 is 0 Å². The van der Waals surface area contributed by atoms with E-state index in [4.69, 9.17) is 6.42 Å². The fraction of sp³-hybridized carbons (Fsp3) is 0.455. The number of carbonyl (C=O) groups is 1. The van der Waals surface area contributed by atoms with Crippen LogP contribution in [0.5, 0.6) is 0 Å². The van der Waals surface area contributed by atoms with E-state index in [2.05, 4.69) is 26.5 Å². The Kier molecular flexibility index (Phi) is 2.93. The van der Waals surface area contributed by atoms with Gasteiger partial charge in [-0.1, -0.05) is 5.92 Å². The van der Waals surface area contributed by atoms with Gasteiger partial charge >= 0.3 is 0 Å². The number of aromatic amines is 1. The van der Waals surface area contributed by atoms with Crippen molar-refractivity contribution >= 4 is 5.91 Å². The van der Waals surface area contributed by atoms with Gasteiger partial charge in [0, 0.05) is 13.0 Å². The molecule has 1 amide bonds. The number of H-pyrrole nitrogens is 1. The number of terminal acetylenes is 1. The van der Waals surface area contributed by atoms with Crippen molar-refractivity contribution in [2.45, 2.75) is 32.0 Å². The highest BCUT2D eigenvalue weighted by Gasteiger charge is 2.25. The third kappa shape index (κ3) is 2.07. The maximum absolute atomic E-state index is 11.8. The summed E-state index contributed by atoms with van der Waals surface area (Å²) in [6.07, 6.45) is 7.46. The summed E-state index contributed by atoms with van der Waals surface area (Å²) in [5, 5.41) is 5.89. The molecule has 0 aromatic carbocycles. The van der Waals surface area contributed by atoms with Gasteiger partial charge in [0.05, 0.1) is 29.8 Å². The first-order valence-electron chi connectivity index (χ1n) is 5.21. The lowest BCUT2D eigenvalue weighted by Crippen LogP contribution is -2.49. The van der Waals surface area contributed by atoms with Gasteiger partial charge < -0.3 is 10.3 Å². The molecule has 2 unspecified atom stereocenters. The van der Waals surface area contributed by atoms with Gasteiger partial charge in [-0.25, -0.2) is 4.98 Å². The molecule has 3 N–H and O–H groups in total. The molecule has 1 aromatic rings. The van der Waals surface area contributed by atoms with Gasteiger partial charge in [0.2, 0.25) is 5.91 Å². The van der Waals surface area contributed by atoms with E-state index in [0.717, 1.165) is 11.4 Å². The molecule has 0 bridgehead atoms. The Labute approximate surface area is 94.0 Å². The molecule has 84 valence electrons. The van der Waals surface area contributed by atoms with Crippen molar-refractivity contribution in [3.05, 3.63) is 17.7 Å². The molecule has 1 aliphatic rings. The van der Waals surface area contributed by atoms with Crippen LogP contribution in [0.3, 0.4) is 0 Å². The fourth-order valence-corrected chi connectivity index (χ4v) is 1.71. The number of nitrogens with zero attached hydrogens (tertiary/aromatic N) is 1. The van der Waals surface area contributed by atoms with E-state index in [1.165, 1.54) is 0 Å². The highest BCUT2D eigenvalue weighted by molar-refractivity contribution is 5.82. The zero-order valence-electron chi connectivity index (χ0n) is 9.08. The van der Waals surface area contributed by atoms with Crippen LogP contribution in [-0.2, 0) is 17.8 Å². The Morgan fingerprint density at radius 3 is 3.38 bits per heavy atom. The highest BCUT2D eigenvalue weighted by Crippen LogP contribution is 2.12. The summed E-state index contributed by atoms with van der Waals surface area (Å²) < 4.78 is 0. The van der Waals surface area contributed by atoms with Crippen LogP contribution >= 0.6 is 0 Å². The quantitative estimate of drug-likeness (QED) is 0.589. The Hall–Kier alpha value is -1.80. The van der Waals surface area contributed by atoms with Crippen LogP contribution < -0.4 is 10.6 Å². The number of fused-ring (bicyclic) bond motifs is 1. The second-order valence-electron chi connectivity index (χ2n) is 3.86.